The lowest BCUT2D eigenvalue weighted by atomic mass is 10.0. The molecule has 1 saturated heterocycles. The molecule has 1 heterocycles. The number of nitrogens with zero attached hydrogens (tertiary/aromatic N) is 1. The molecule has 1 N–H and O–H groups in total. The highest BCUT2D eigenvalue weighted by atomic mass is 32.2. The zero-order valence-electron chi connectivity index (χ0n) is 5.90. The lowest BCUT2D eigenvalue weighted by Gasteiger charge is -2.05. The Morgan fingerprint density at radius 3 is 2.55 bits per heavy atom. The Labute approximate surface area is 65.4 Å². The molecule has 0 amide bonds. The Bertz CT molecular complexity index is 277. The largest absolute Gasteiger partial charge is 0.392 e. The second-order valence-electron chi connectivity index (χ2n) is 2.77. The lowest BCUT2D eigenvalue weighted by Crippen LogP contribution is -2.16. The standard InChI is InChI=1S/C6H9NO3S/c7-2-1-5-3-11(9,10)4-6(5)8/h5-6,8H,1,3-4H2/t5-,6+/m0/s1. The molecular formula is C6H9NO3S. The first-order valence-corrected chi connectivity index (χ1v) is 5.13. The highest BCUT2D eigenvalue weighted by molar-refractivity contribution is 7.91. The lowest BCUT2D eigenvalue weighted by molar-refractivity contribution is 0.152. The highest BCUT2D eigenvalue weighted by Crippen LogP contribution is 2.21. The van der Waals surface area contributed by atoms with Gasteiger partial charge in [-0.05, 0) is 0 Å². The molecule has 1 fully saturated rings. The fraction of sp³-hybridized carbons (Fsp3) is 0.833. The van der Waals surface area contributed by atoms with Crippen molar-refractivity contribution < 1.29 is 13.5 Å². The van der Waals surface area contributed by atoms with E-state index in [1.165, 1.54) is 0 Å². The van der Waals surface area contributed by atoms with Gasteiger partial charge in [-0.25, -0.2) is 8.42 Å². The van der Waals surface area contributed by atoms with Gasteiger partial charge in [-0.15, -0.1) is 0 Å². The Morgan fingerprint density at radius 1 is 1.55 bits per heavy atom. The zero-order valence-corrected chi connectivity index (χ0v) is 6.71. The minimum atomic E-state index is -3.07. The van der Waals surface area contributed by atoms with Crippen molar-refractivity contribution in [2.45, 2.75) is 12.5 Å². The van der Waals surface area contributed by atoms with Crippen molar-refractivity contribution >= 4 is 9.84 Å². The van der Waals surface area contributed by atoms with Crippen LogP contribution in [-0.2, 0) is 9.84 Å². The average Bonchev–Trinajstić information content (AvgIpc) is 2.07. The maximum Gasteiger partial charge on any atom is 0.153 e. The van der Waals surface area contributed by atoms with Gasteiger partial charge in [0.25, 0.3) is 0 Å². The monoisotopic (exact) mass is 175 g/mol. The third-order valence-corrected chi connectivity index (χ3v) is 3.58. The zero-order chi connectivity index (χ0) is 8.48. The van der Waals surface area contributed by atoms with E-state index in [1.54, 1.807) is 0 Å². The van der Waals surface area contributed by atoms with Crippen molar-refractivity contribution in [1.29, 1.82) is 5.26 Å². The van der Waals surface area contributed by atoms with Gasteiger partial charge in [0.05, 0.1) is 23.7 Å². The number of sulfone groups is 1. The molecule has 0 radical (unpaired) electrons. The quantitative estimate of drug-likeness (QED) is 0.572. The Kier molecular flexibility index (Phi) is 2.16. The molecule has 62 valence electrons. The Morgan fingerprint density at radius 2 is 2.18 bits per heavy atom. The van der Waals surface area contributed by atoms with E-state index in [2.05, 4.69) is 0 Å². The summed E-state index contributed by atoms with van der Waals surface area (Å²) in [6.07, 6.45) is -0.708. The van der Waals surface area contributed by atoms with Crippen molar-refractivity contribution in [1.82, 2.24) is 0 Å². The third-order valence-electron chi connectivity index (χ3n) is 1.79. The van der Waals surface area contributed by atoms with Crippen LogP contribution < -0.4 is 0 Å². The summed E-state index contributed by atoms with van der Waals surface area (Å²) in [5.41, 5.74) is 0. The first-order chi connectivity index (χ1) is 5.05. The van der Waals surface area contributed by atoms with Crippen LogP contribution in [0.25, 0.3) is 0 Å². The van der Waals surface area contributed by atoms with Crippen LogP contribution >= 0.6 is 0 Å². The molecule has 0 aromatic heterocycles. The molecular weight excluding hydrogens is 166 g/mol. The molecule has 0 unspecified atom stereocenters. The molecule has 0 aromatic carbocycles. The van der Waals surface area contributed by atoms with Gasteiger partial charge in [0.15, 0.2) is 9.84 Å². The number of aliphatic hydroxyl groups excluding tert-OH is 1. The minimum absolute atomic E-state index is 0.0400. The Balaban J connectivity index is 2.68. The summed E-state index contributed by atoms with van der Waals surface area (Å²) in [7, 11) is -3.07. The Hall–Kier alpha value is -0.600. The van der Waals surface area contributed by atoms with Crippen LogP contribution in [0.4, 0.5) is 0 Å². The van der Waals surface area contributed by atoms with Crippen molar-refractivity contribution in [3.05, 3.63) is 0 Å². The van der Waals surface area contributed by atoms with Gasteiger partial charge < -0.3 is 5.11 Å². The van der Waals surface area contributed by atoms with Gasteiger partial charge in [0.2, 0.25) is 0 Å². The number of hydrogen-bond donors (Lipinski definition) is 1. The van der Waals surface area contributed by atoms with Gasteiger partial charge in [0.1, 0.15) is 0 Å². The van der Waals surface area contributed by atoms with Gasteiger partial charge in [-0.2, -0.15) is 5.26 Å². The average molecular weight is 175 g/mol. The van der Waals surface area contributed by atoms with Crippen molar-refractivity contribution in [3.63, 3.8) is 0 Å². The summed E-state index contributed by atoms with van der Waals surface area (Å²) >= 11 is 0. The third kappa shape index (κ3) is 1.91. The molecule has 0 saturated carbocycles. The van der Waals surface area contributed by atoms with Crippen LogP contribution in [0.15, 0.2) is 0 Å². The summed E-state index contributed by atoms with van der Waals surface area (Å²) < 4.78 is 21.7. The van der Waals surface area contributed by atoms with Crippen LogP contribution in [0.1, 0.15) is 6.42 Å². The minimum Gasteiger partial charge on any atom is -0.392 e. The van der Waals surface area contributed by atoms with Crippen LogP contribution in [0.5, 0.6) is 0 Å². The molecule has 4 nitrogen and oxygen atoms in total. The van der Waals surface area contributed by atoms with E-state index in [9.17, 15) is 8.42 Å². The van der Waals surface area contributed by atoms with E-state index >= 15 is 0 Å². The van der Waals surface area contributed by atoms with Crippen LogP contribution in [-0.4, -0.2) is 31.1 Å². The number of nitriles is 1. The molecule has 0 aromatic rings. The van der Waals surface area contributed by atoms with Crippen molar-refractivity contribution in [2.24, 2.45) is 5.92 Å². The first-order valence-electron chi connectivity index (χ1n) is 3.30. The van der Waals surface area contributed by atoms with Crippen LogP contribution in [0, 0.1) is 17.2 Å². The molecule has 1 rings (SSSR count). The molecule has 2 atom stereocenters. The van der Waals surface area contributed by atoms with Gasteiger partial charge >= 0.3 is 0 Å². The second-order valence-corrected chi connectivity index (χ2v) is 4.92. The normalized spacial score (nSPS) is 34.9. The molecule has 0 bridgehead atoms. The molecule has 11 heavy (non-hydrogen) atoms. The summed E-state index contributed by atoms with van der Waals surface area (Å²) in [6.45, 7) is 0. The smallest absolute Gasteiger partial charge is 0.153 e. The molecule has 0 spiro atoms. The van der Waals surface area contributed by atoms with Gasteiger partial charge in [0, 0.05) is 12.3 Å². The summed E-state index contributed by atoms with van der Waals surface area (Å²) in [5, 5.41) is 17.4. The first kappa shape index (κ1) is 8.50. The number of hydrogen-bond acceptors (Lipinski definition) is 4. The number of rotatable bonds is 1. The fourth-order valence-corrected chi connectivity index (χ4v) is 3.13. The van der Waals surface area contributed by atoms with Gasteiger partial charge in [-0.3, -0.25) is 0 Å². The van der Waals surface area contributed by atoms with E-state index in [0.29, 0.717) is 0 Å². The van der Waals surface area contributed by atoms with E-state index in [1.807, 2.05) is 6.07 Å². The summed E-state index contributed by atoms with van der Waals surface area (Å²) in [4.78, 5) is 0. The van der Waals surface area contributed by atoms with Gasteiger partial charge in [-0.1, -0.05) is 0 Å². The SMILES string of the molecule is N#CC[C@H]1CS(=O)(=O)C[C@H]1O. The van der Waals surface area contributed by atoms with E-state index < -0.39 is 15.9 Å². The van der Waals surface area contributed by atoms with Crippen molar-refractivity contribution in [3.8, 4) is 6.07 Å². The van der Waals surface area contributed by atoms with Crippen molar-refractivity contribution in [2.75, 3.05) is 11.5 Å². The molecule has 5 heteroatoms. The molecule has 0 aliphatic carbocycles. The molecule has 1 aliphatic heterocycles. The predicted octanol–water partition coefficient (Wildman–Crippen LogP) is -0.694. The van der Waals surface area contributed by atoms with Crippen LogP contribution in [0.2, 0.25) is 0 Å². The number of aliphatic hydroxyl groups is 1. The van der Waals surface area contributed by atoms with Crippen LogP contribution in [0.3, 0.4) is 0 Å². The topological polar surface area (TPSA) is 78.2 Å². The second kappa shape index (κ2) is 2.80. The molecule has 1 aliphatic rings. The fourth-order valence-electron chi connectivity index (χ4n) is 1.21. The van der Waals surface area contributed by atoms with E-state index in [4.69, 9.17) is 10.4 Å². The highest BCUT2D eigenvalue weighted by Gasteiger charge is 2.35. The summed E-state index contributed by atoms with van der Waals surface area (Å²) in [6, 6.07) is 1.85. The maximum atomic E-state index is 10.9. The van der Waals surface area contributed by atoms with E-state index in [0.717, 1.165) is 0 Å². The summed E-state index contributed by atoms with van der Waals surface area (Å²) in [5.74, 6) is -0.592. The maximum absolute atomic E-state index is 10.9. The van der Waals surface area contributed by atoms with E-state index in [-0.39, 0.29) is 23.8 Å². The predicted molar refractivity (Wildman–Crippen MR) is 38.4 cm³/mol.